The van der Waals surface area contributed by atoms with E-state index < -0.39 is 5.97 Å². The van der Waals surface area contributed by atoms with Gasteiger partial charge in [-0.15, -0.1) is 0 Å². The molecule has 90 valence electrons. The van der Waals surface area contributed by atoms with E-state index in [4.69, 9.17) is 10.4 Å². The topological polar surface area (TPSA) is 98.9 Å². The van der Waals surface area contributed by atoms with E-state index in [0.717, 1.165) is 0 Å². The maximum Gasteiger partial charge on any atom is 0.303 e. The van der Waals surface area contributed by atoms with Crippen molar-refractivity contribution < 1.29 is 9.90 Å². The van der Waals surface area contributed by atoms with E-state index in [1.807, 2.05) is 13.0 Å². The Balaban J connectivity index is 2.48. The lowest BCUT2D eigenvalue weighted by Crippen LogP contribution is -2.17. The van der Waals surface area contributed by atoms with Crippen LogP contribution in [0.5, 0.6) is 0 Å². The number of anilines is 1. The van der Waals surface area contributed by atoms with E-state index in [2.05, 4.69) is 15.3 Å². The van der Waals surface area contributed by atoms with Crippen molar-refractivity contribution >= 4 is 11.8 Å². The standard InChI is InChI=1S/C11H14N4O2/c1-8(3-2-4-10(16)17)15-11-9(7-12)13-5-6-14-11/h5-6,8H,2-4H2,1H3,(H,14,15)(H,16,17). The molecule has 1 unspecified atom stereocenters. The molecule has 1 heterocycles. The molecule has 0 aliphatic rings. The van der Waals surface area contributed by atoms with Crippen LogP contribution in [0.1, 0.15) is 31.9 Å². The predicted molar refractivity (Wildman–Crippen MR) is 61.3 cm³/mol. The van der Waals surface area contributed by atoms with Crippen molar-refractivity contribution in [2.24, 2.45) is 0 Å². The van der Waals surface area contributed by atoms with Crippen molar-refractivity contribution in [2.75, 3.05) is 5.32 Å². The monoisotopic (exact) mass is 234 g/mol. The minimum atomic E-state index is -0.797. The van der Waals surface area contributed by atoms with Gasteiger partial charge in [-0.05, 0) is 19.8 Å². The van der Waals surface area contributed by atoms with Gasteiger partial charge in [0.1, 0.15) is 6.07 Å². The zero-order valence-electron chi connectivity index (χ0n) is 9.55. The molecule has 6 heteroatoms. The molecule has 0 aromatic carbocycles. The van der Waals surface area contributed by atoms with Crippen LogP contribution in [-0.2, 0) is 4.79 Å². The first-order chi connectivity index (χ1) is 8.13. The molecular weight excluding hydrogens is 220 g/mol. The molecule has 1 aromatic heterocycles. The molecule has 0 saturated heterocycles. The van der Waals surface area contributed by atoms with Crippen molar-refractivity contribution in [1.82, 2.24) is 9.97 Å². The van der Waals surface area contributed by atoms with Crippen molar-refractivity contribution in [2.45, 2.75) is 32.2 Å². The number of carboxylic acids is 1. The number of rotatable bonds is 6. The van der Waals surface area contributed by atoms with Gasteiger partial charge in [0.25, 0.3) is 0 Å². The quantitative estimate of drug-likeness (QED) is 0.771. The van der Waals surface area contributed by atoms with Gasteiger partial charge < -0.3 is 10.4 Å². The van der Waals surface area contributed by atoms with E-state index in [9.17, 15) is 4.79 Å². The summed E-state index contributed by atoms with van der Waals surface area (Å²) in [5.74, 6) is -0.354. The third-order valence-corrected chi connectivity index (χ3v) is 2.22. The second kappa shape index (κ2) is 6.43. The summed E-state index contributed by atoms with van der Waals surface area (Å²) in [5, 5.41) is 20.4. The minimum Gasteiger partial charge on any atom is -0.481 e. The van der Waals surface area contributed by atoms with Crippen LogP contribution < -0.4 is 5.32 Å². The number of aromatic nitrogens is 2. The van der Waals surface area contributed by atoms with Gasteiger partial charge in [-0.2, -0.15) is 5.26 Å². The molecule has 0 spiro atoms. The van der Waals surface area contributed by atoms with Gasteiger partial charge in [-0.3, -0.25) is 4.79 Å². The van der Waals surface area contributed by atoms with E-state index in [-0.39, 0.29) is 18.2 Å². The highest BCUT2D eigenvalue weighted by atomic mass is 16.4. The predicted octanol–water partition coefficient (Wildman–Crippen LogP) is 1.40. The normalized spacial score (nSPS) is 11.5. The molecule has 0 aliphatic carbocycles. The number of hydrogen-bond acceptors (Lipinski definition) is 5. The Kier molecular flexibility index (Phi) is 4.88. The molecule has 1 atom stereocenters. The van der Waals surface area contributed by atoms with E-state index in [1.165, 1.54) is 12.4 Å². The van der Waals surface area contributed by atoms with Gasteiger partial charge in [-0.25, -0.2) is 9.97 Å². The second-order valence-electron chi connectivity index (χ2n) is 3.70. The fourth-order valence-corrected chi connectivity index (χ4v) is 1.39. The summed E-state index contributed by atoms with van der Waals surface area (Å²) in [5.41, 5.74) is 0.248. The van der Waals surface area contributed by atoms with E-state index in [0.29, 0.717) is 18.7 Å². The average molecular weight is 234 g/mol. The Labute approximate surface area is 99.3 Å². The van der Waals surface area contributed by atoms with Gasteiger partial charge in [0.2, 0.25) is 0 Å². The highest BCUT2D eigenvalue weighted by Crippen LogP contribution is 2.11. The molecule has 0 bridgehead atoms. The molecule has 0 radical (unpaired) electrons. The molecule has 0 amide bonds. The van der Waals surface area contributed by atoms with Crippen LogP contribution in [0.4, 0.5) is 5.82 Å². The Morgan fingerprint density at radius 1 is 1.59 bits per heavy atom. The summed E-state index contributed by atoms with van der Waals surface area (Å²) in [7, 11) is 0. The highest BCUT2D eigenvalue weighted by molar-refractivity contribution is 5.66. The number of carboxylic acid groups (broad SMARTS) is 1. The molecule has 17 heavy (non-hydrogen) atoms. The molecule has 1 rings (SSSR count). The lowest BCUT2D eigenvalue weighted by Gasteiger charge is -2.13. The molecular formula is C11H14N4O2. The summed E-state index contributed by atoms with van der Waals surface area (Å²) in [6.45, 7) is 1.91. The maximum atomic E-state index is 10.4. The molecule has 2 N–H and O–H groups in total. The van der Waals surface area contributed by atoms with Crippen LogP contribution in [0.15, 0.2) is 12.4 Å². The third kappa shape index (κ3) is 4.47. The van der Waals surface area contributed by atoms with Crippen molar-refractivity contribution in [3.8, 4) is 6.07 Å². The smallest absolute Gasteiger partial charge is 0.303 e. The molecule has 0 aliphatic heterocycles. The Hall–Kier alpha value is -2.16. The van der Waals surface area contributed by atoms with Crippen molar-refractivity contribution in [3.63, 3.8) is 0 Å². The van der Waals surface area contributed by atoms with E-state index >= 15 is 0 Å². The Bertz CT molecular complexity index is 428. The fourth-order valence-electron chi connectivity index (χ4n) is 1.39. The number of hydrogen-bond donors (Lipinski definition) is 2. The summed E-state index contributed by atoms with van der Waals surface area (Å²) >= 11 is 0. The van der Waals surface area contributed by atoms with Crippen molar-refractivity contribution in [1.29, 1.82) is 5.26 Å². The van der Waals surface area contributed by atoms with Crippen LogP contribution in [0, 0.1) is 11.3 Å². The van der Waals surface area contributed by atoms with Gasteiger partial charge in [0.15, 0.2) is 11.5 Å². The molecule has 0 fully saturated rings. The third-order valence-electron chi connectivity index (χ3n) is 2.22. The maximum absolute atomic E-state index is 10.4. The minimum absolute atomic E-state index is 0.0538. The lowest BCUT2D eigenvalue weighted by atomic mass is 10.1. The molecule has 0 saturated carbocycles. The first kappa shape index (κ1) is 12.9. The van der Waals surface area contributed by atoms with Gasteiger partial charge >= 0.3 is 5.97 Å². The summed E-state index contributed by atoms with van der Waals surface area (Å²) in [6.07, 6.45) is 4.41. The fraction of sp³-hybridized carbons (Fsp3) is 0.455. The number of nitrogens with zero attached hydrogens (tertiary/aromatic N) is 3. The first-order valence-electron chi connectivity index (χ1n) is 5.33. The molecule has 6 nitrogen and oxygen atoms in total. The lowest BCUT2D eigenvalue weighted by molar-refractivity contribution is -0.137. The van der Waals surface area contributed by atoms with Crippen LogP contribution in [0.25, 0.3) is 0 Å². The zero-order valence-corrected chi connectivity index (χ0v) is 9.55. The number of aliphatic carboxylic acids is 1. The Morgan fingerprint density at radius 3 is 2.94 bits per heavy atom. The highest BCUT2D eigenvalue weighted by Gasteiger charge is 2.08. The van der Waals surface area contributed by atoms with Crippen molar-refractivity contribution in [3.05, 3.63) is 18.1 Å². The van der Waals surface area contributed by atoms with Crippen LogP contribution in [0.3, 0.4) is 0 Å². The summed E-state index contributed by atoms with van der Waals surface area (Å²) < 4.78 is 0. The first-order valence-corrected chi connectivity index (χ1v) is 5.33. The summed E-state index contributed by atoms with van der Waals surface area (Å²) in [6, 6.07) is 2.00. The average Bonchev–Trinajstić information content (AvgIpc) is 2.29. The van der Waals surface area contributed by atoms with Crippen LogP contribution in [0.2, 0.25) is 0 Å². The number of nitriles is 1. The van der Waals surface area contributed by atoms with Crippen LogP contribution >= 0.6 is 0 Å². The van der Waals surface area contributed by atoms with E-state index in [1.54, 1.807) is 0 Å². The zero-order chi connectivity index (χ0) is 12.7. The summed E-state index contributed by atoms with van der Waals surface area (Å²) in [4.78, 5) is 18.3. The SMILES string of the molecule is CC(CCCC(=O)O)Nc1nccnc1C#N. The van der Waals surface area contributed by atoms with Gasteiger partial charge in [0.05, 0.1) is 0 Å². The second-order valence-corrected chi connectivity index (χ2v) is 3.70. The van der Waals surface area contributed by atoms with Gasteiger partial charge in [-0.1, -0.05) is 0 Å². The number of nitrogens with one attached hydrogen (secondary N) is 1. The van der Waals surface area contributed by atoms with Gasteiger partial charge in [0, 0.05) is 24.9 Å². The van der Waals surface area contributed by atoms with Crippen LogP contribution in [-0.4, -0.2) is 27.1 Å². The largest absolute Gasteiger partial charge is 0.481 e. The molecule has 1 aromatic rings. The number of carbonyl (C=O) groups is 1. The Morgan fingerprint density at radius 2 is 2.29 bits per heavy atom.